The van der Waals surface area contributed by atoms with E-state index in [4.69, 9.17) is 14.2 Å². The fourth-order valence-electron chi connectivity index (χ4n) is 2.72. The highest BCUT2D eigenvalue weighted by molar-refractivity contribution is 5.76. The Morgan fingerprint density at radius 2 is 1.65 bits per heavy atom. The van der Waals surface area contributed by atoms with E-state index < -0.39 is 0 Å². The summed E-state index contributed by atoms with van der Waals surface area (Å²) in [5.41, 5.74) is 1.67. The molecule has 140 valence electrons. The van der Waals surface area contributed by atoms with Crippen molar-refractivity contribution in [3.63, 3.8) is 0 Å². The Morgan fingerprint density at radius 3 is 2.19 bits per heavy atom. The van der Waals surface area contributed by atoms with E-state index in [1.165, 1.54) is 12.1 Å². The molecule has 0 spiro atoms. The normalized spacial score (nSPS) is 10.3. The predicted molar refractivity (Wildman–Crippen MR) is 97.3 cm³/mol. The summed E-state index contributed by atoms with van der Waals surface area (Å²) < 4.78 is 29.2. The lowest BCUT2D eigenvalue weighted by atomic mass is 10.1. The van der Waals surface area contributed by atoms with Crippen LogP contribution >= 0.6 is 0 Å². The maximum atomic E-state index is 13.3. The Balaban J connectivity index is 2.02. The third-order valence-electron chi connectivity index (χ3n) is 4.09. The second kappa shape index (κ2) is 9.08. The fraction of sp³-hybridized carbons (Fsp3) is 0.350. The van der Waals surface area contributed by atoms with E-state index in [1.54, 1.807) is 45.4 Å². The Bertz CT molecular complexity index is 738. The van der Waals surface area contributed by atoms with E-state index in [-0.39, 0.29) is 11.7 Å². The van der Waals surface area contributed by atoms with Gasteiger partial charge in [-0.2, -0.15) is 0 Å². The quantitative estimate of drug-likeness (QED) is 0.723. The molecule has 0 N–H and O–H groups in total. The van der Waals surface area contributed by atoms with Gasteiger partial charge in [0.15, 0.2) is 11.5 Å². The molecule has 0 unspecified atom stereocenters. The predicted octanol–water partition coefficient (Wildman–Crippen LogP) is 3.44. The van der Waals surface area contributed by atoms with Gasteiger partial charge in [0, 0.05) is 20.0 Å². The zero-order valence-corrected chi connectivity index (χ0v) is 15.5. The van der Waals surface area contributed by atoms with Gasteiger partial charge in [-0.05, 0) is 41.8 Å². The molecule has 1 amide bonds. The third kappa shape index (κ3) is 4.88. The lowest BCUT2D eigenvalue weighted by Gasteiger charge is -2.18. The van der Waals surface area contributed by atoms with Gasteiger partial charge in [-0.15, -0.1) is 0 Å². The molecule has 0 bridgehead atoms. The van der Waals surface area contributed by atoms with Gasteiger partial charge < -0.3 is 19.1 Å². The number of aryl methyl sites for hydroxylation is 1. The number of carbonyl (C=O) groups excluding carboxylic acids is 1. The number of benzene rings is 2. The molecule has 0 aliphatic heterocycles. The van der Waals surface area contributed by atoms with Crippen molar-refractivity contribution in [3.8, 4) is 17.2 Å². The minimum absolute atomic E-state index is 0.0250. The van der Waals surface area contributed by atoms with Crippen LogP contribution in [0.2, 0.25) is 0 Å². The Kier molecular flexibility index (Phi) is 6.83. The minimum Gasteiger partial charge on any atom is -0.493 e. The van der Waals surface area contributed by atoms with Crippen LogP contribution < -0.4 is 14.2 Å². The molecule has 0 aromatic heterocycles. The molecule has 0 saturated heterocycles. The maximum Gasteiger partial charge on any atom is 0.222 e. The molecule has 0 fully saturated rings. The van der Waals surface area contributed by atoms with Gasteiger partial charge in [-0.1, -0.05) is 12.1 Å². The first-order valence-electron chi connectivity index (χ1n) is 8.25. The third-order valence-corrected chi connectivity index (χ3v) is 4.09. The lowest BCUT2D eigenvalue weighted by molar-refractivity contribution is -0.130. The Hall–Kier alpha value is -2.76. The first-order valence-corrected chi connectivity index (χ1v) is 8.25. The number of methoxy groups -OCH3 is 3. The number of rotatable bonds is 8. The van der Waals surface area contributed by atoms with Crippen molar-refractivity contribution in [1.29, 1.82) is 0 Å². The van der Waals surface area contributed by atoms with Crippen molar-refractivity contribution in [2.45, 2.75) is 19.4 Å². The summed E-state index contributed by atoms with van der Waals surface area (Å²) in [4.78, 5) is 14.0. The average Bonchev–Trinajstić information content (AvgIpc) is 2.64. The summed E-state index contributed by atoms with van der Waals surface area (Å²) in [6.45, 7) is 0.367. The standard InChI is InChI=1S/C20H24FNO4/c1-22(13-15-6-5-7-16(21)10-15)19(23)9-8-14-11-17(24-2)20(26-4)18(12-14)25-3/h5-7,10-12H,8-9,13H2,1-4H3. The molecule has 0 atom stereocenters. The number of carbonyl (C=O) groups is 1. The van der Waals surface area contributed by atoms with Crippen LogP contribution in [0.5, 0.6) is 17.2 Å². The SMILES string of the molecule is COc1cc(CCC(=O)N(C)Cc2cccc(F)c2)cc(OC)c1OC. The summed E-state index contributed by atoms with van der Waals surface area (Å²) in [5, 5.41) is 0. The van der Waals surface area contributed by atoms with Crippen LogP contribution in [-0.2, 0) is 17.8 Å². The lowest BCUT2D eigenvalue weighted by Crippen LogP contribution is -2.26. The molecule has 2 aromatic rings. The van der Waals surface area contributed by atoms with E-state index in [0.717, 1.165) is 11.1 Å². The van der Waals surface area contributed by atoms with Crippen LogP contribution in [0.15, 0.2) is 36.4 Å². The van der Waals surface area contributed by atoms with Gasteiger partial charge in [-0.25, -0.2) is 4.39 Å². The monoisotopic (exact) mass is 361 g/mol. The topological polar surface area (TPSA) is 48.0 Å². The van der Waals surface area contributed by atoms with E-state index in [1.807, 2.05) is 12.1 Å². The van der Waals surface area contributed by atoms with Crippen LogP contribution in [0.4, 0.5) is 4.39 Å². The molecule has 26 heavy (non-hydrogen) atoms. The first kappa shape index (κ1) is 19.6. The van der Waals surface area contributed by atoms with Crippen LogP contribution in [0.25, 0.3) is 0 Å². The molecule has 0 saturated carbocycles. The molecule has 0 aliphatic carbocycles. The smallest absolute Gasteiger partial charge is 0.222 e. The number of ether oxygens (including phenoxy) is 3. The van der Waals surface area contributed by atoms with Crippen molar-refractivity contribution in [3.05, 3.63) is 53.3 Å². The summed E-state index contributed by atoms with van der Waals surface area (Å²) in [6, 6.07) is 9.92. The van der Waals surface area contributed by atoms with Gasteiger partial charge >= 0.3 is 0 Å². The number of amides is 1. The van der Waals surface area contributed by atoms with Gasteiger partial charge in [0.1, 0.15) is 5.82 Å². The van der Waals surface area contributed by atoms with Crippen molar-refractivity contribution in [2.24, 2.45) is 0 Å². The van der Waals surface area contributed by atoms with Crippen LogP contribution in [0.3, 0.4) is 0 Å². The first-order chi connectivity index (χ1) is 12.5. The highest BCUT2D eigenvalue weighted by atomic mass is 19.1. The second-order valence-corrected chi connectivity index (χ2v) is 5.91. The maximum absolute atomic E-state index is 13.3. The summed E-state index contributed by atoms with van der Waals surface area (Å²) in [6.07, 6.45) is 0.855. The molecule has 0 heterocycles. The van der Waals surface area contributed by atoms with E-state index in [9.17, 15) is 9.18 Å². The second-order valence-electron chi connectivity index (χ2n) is 5.91. The number of halogens is 1. The highest BCUT2D eigenvalue weighted by Crippen LogP contribution is 2.38. The molecule has 0 radical (unpaired) electrons. The van der Waals surface area contributed by atoms with Crippen LogP contribution in [0.1, 0.15) is 17.5 Å². The zero-order valence-electron chi connectivity index (χ0n) is 15.5. The van der Waals surface area contributed by atoms with Crippen molar-refractivity contribution < 1.29 is 23.4 Å². The van der Waals surface area contributed by atoms with Crippen molar-refractivity contribution in [1.82, 2.24) is 4.90 Å². The molecule has 2 aromatic carbocycles. The molecule has 0 aliphatic rings. The van der Waals surface area contributed by atoms with E-state index >= 15 is 0 Å². The van der Waals surface area contributed by atoms with Crippen molar-refractivity contribution in [2.75, 3.05) is 28.4 Å². The molecule has 6 heteroatoms. The van der Waals surface area contributed by atoms with Gasteiger partial charge in [-0.3, -0.25) is 4.79 Å². The molecular weight excluding hydrogens is 337 g/mol. The summed E-state index contributed by atoms with van der Waals surface area (Å²) in [7, 11) is 6.37. The van der Waals surface area contributed by atoms with Gasteiger partial charge in [0.05, 0.1) is 21.3 Å². The van der Waals surface area contributed by atoms with Gasteiger partial charge in [0.25, 0.3) is 0 Å². The average molecular weight is 361 g/mol. The van der Waals surface area contributed by atoms with Crippen LogP contribution in [-0.4, -0.2) is 39.2 Å². The fourth-order valence-corrected chi connectivity index (χ4v) is 2.72. The Morgan fingerprint density at radius 1 is 1.00 bits per heavy atom. The molecular formula is C20H24FNO4. The number of hydrogen-bond donors (Lipinski definition) is 0. The van der Waals surface area contributed by atoms with Crippen molar-refractivity contribution >= 4 is 5.91 Å². The zero-order chi connectivity index (χ0) is 19.1. The number of hydrogen-bond acceptors (Lipinski definition) is 4. The highest BCUT2D eigenvalue weighted by Gasteiger charge is 2.15. The van der Waals surface area contributed by atoms with E-state index in [2.05, 4.69) is 0 Å². The molecule has 2 rings (SSSR count). The summed E-state index contributed by atoms with van der Waals surface area (Å²) >= 11 is 0. The minimum atomic E-state index is -0.305. The van der Waals surface area contributed by atoms with Gasteiger partial charge in [0.2, 0.25) is 11.7 Å². The molecule has 5 nitrogen and oxygen atoms in total. The summed E-state index contributed by atoms with van der Waals surface area (Å²) in [5.74, 6) is 1.31. The largest absolute Gasteiger partial charge is 0.493 e. The Labute approximate surface area is 153 Å². The number of nitrogens with zero attached hydrogens (tertiary/aromatic N) is 1. The van der Waals surface area contributed by atoms with E-state index in [0.29, 0.717) is 36.6 Å². The van der Waals surface area contributed by atoms with Crippen LogP contribution in [0, 0.1) is 5.82 Å².